The van der Waals surface area contributed by atoms with Crippen molar-refractivity contribution in [3.05, 3.63) is 58.2 Å². The van der Waals surface area contributed by atoms with Crippen LogP contribution in [-0.2, 0) is 28.5 Å². The lowest BCUT2D eigenvalue weighted by molar-refractivity contribution is -0.140. The fraction of sp³-hybridized carbons (Fsp3) is 0.381. The summed E-state index contributed by atoms with van der Waals surface area (Å²) >= 11 is 0. The maximum absolute atomic E-state index is 12.8. The molecule has 0 fully saturated rings. The van der Waals surface area contributed by atoms with Crippen molar-refractivity contribution in [1.29, 1.82) is 0 Å². The van der Waals surface area contributed by atoms with Gasteiger partial charge >= 0.3 is 11.9 Å². The molecule has 0 spiro atoms. The van der Waals surface area contributed by atoms with E-state index in [0.29, 0.717) is 41.7 Å². The molecule has 1 aliphatic carbocycles. The van der Waals surface area contributed by atoms with E-state index in [9.17, 15) is 14.4 Å². The fourth-order valence-corrected chi connectivity index (χ4v) is 3.51. The zero-order valence-corrected chi connectivity index (χ0v) is 16.4. The van der Waals surface area contributed by atoms with Gasteiger partial charge in [-0.2, -0.15) is 0 Å². The van der Waals surface area contributed by atoms with E-state index in [4.69, 9.17) is 24.7 Å². The highest BCUT2D eigenvalue weighted by Crippen LogP contribution is 2.44. The number of ether oxygens (including phenoxy) is 4. The summed E-state index contributed by atoms with van der Waals surface area (Å²) in [5.41, 5.74) is 7.54. The molecule has 0 radical (unpaired) electrons. The molecule has 29 heavy (non-hydrogen) atoms. The lowest BCUT2D eigenvalue weighted by atomic mass is 9.77. The monoisotopic (exact) mass is 401 g/mol. The quantitative estimate of drug-likeness (QED) is 0.568. The second-order valence-electron chi connectivity index (χ2n) is 6.67. The molecule has 8 nitrogen and oxygen atoms in total. The van der Waals surface area contributed by atoms with Gasteiger partial charge in [0.15, 0.2) is 5.78 Å². The Kier molecular flexibility index (Phi) is 6.33. The summed E-state index contributed by atoms with van der Waals surface area (Å²) in [6.45, 7) is 0.269. The zero-order valence-electron chi connectivity index (χ0n) is 16.4. The van der Waals surface area contributed by atoms with Crippen LogP contribution in [0.4, 0.5) is 0 Å². The van der Waals surface area contributed by atoms with E-state index in [1.54, 1.807) is 24.3 Å². The molecule has 1 unspecified atom stereocenters. The molecule has 0 saturated carbocycles. The maximum Gasteiger partial charge on any atom is 0.340 e. The van der Waals surface area contributed by atoms with Crippen LogP contribution < -0.4 is 5.73 Å². The summed E-state index contributed by atoms with van der Waals surface area (Å²) in [6.07, 6.45) is 1.59. The van der Waals surface area contributed by atoms with Crippen molar-refractivity contribution in [3.63, 3.8) is 0 Å². The van der Waals surface area contributed by atoms with Crippen LogP contribution in [-0.4, -0.2) is 45.2 Å². The number of esters is 2. The highest BCUT2D eigenvalue weighted by Gasteiger charge is 2.41. The van der Waals surface area contributed by atoms with Gasteiger partial charge in [0.2, 0.25) is 5.88 Å². The number of ketones is 1. The molecule has 1 atom stereocenters. The third-order valence-corrected chi connectivity index (χ3v) is 4.89. The lowest BCUT2D eigenvalue weighted by Crippen LogP contribution is -2.31. The average Bonchev–Trinajstić information content (AvgIpc) is 2.72. The predicted molar refractivity (Wildman–Crippen MR) is 102 cm³/mol. The van der Waals surface area contributed by atoms with Gasteiger partial charge in [0, 0.05) is 25.5 Å². The van der Waals surface area contributed by atoms with Crippen molar-refractivity contribution in [2.45, 2.75) is 25.2 Å². The lowest BCUT2D eigenvalue weighted by Gasteiger charge is -2.32. The minimum atomic E-state index is -0.728. The van der Waals surface area contributed by atoms with Gasteiger partial charge < -0.3 is 24.7 Å². The first-order chi connectivity index (χ1) is 14.0. The van der Waals surface area contributed by atoms with Crippen LogP contribution in [0, 0.1) is 0 Å². The molecule has 1 aromatic carbocycles. The van der Waals surface area contributed by atoms with E-state index >= 15 is 0 Å². The van der Waals surface area contributed by atoms with Gasteiger partial charge in [-0.1, -0.05) is 12.1 Å². The smallest absolute Gasteiger partial charge is 0.340 e. The van der Waals surface area contributed by atoms with E-state index in [0.717, 1.165) is 0 Å². The minimum Gasteiger partial charge on any atom is -0.465 e. The number of benzene rings is 1. The van der Waals surface area contributed by atoms with Crippen LogP contribution in [0.1, 0.15) is 41.1 Å². The molecule has 1 heterocycles. The summed E-state index contributed by atoms with van der Waals surface area (Å²) in [6, 6.07) is 6.50. The van der Waals surface area contributed by atoms with Gasteiger partial charge in [0.1, 0.15) is 17.9 Å². The predicted octanol–water partition coefficient (Wildman–Crippen LogP) is 1.95. The molecule has 2 N–H and O–H groups in total. The molecule has 0 aromatic heterocycles. The number of Topliss-reactive ketones (excluding diaryl/α,β-unsaturated/α-hetero) is 1. The SMILES string of the molecule is COCCOC(=O)C1=C(N)OC2=C(C(=O)CCC2)C1c1ccc(C(=O)OC)cc1. The van der Waals surface area contributed by atoms with E-state index < -0.39 is 17.9 Å². The van der Waals surface area contributed by atoms with Crippen molar-refractivity contribution in [1.82, 2.24) is 0 Å². The summed E-state index contributed by atoms with van der Waals surface area (Å²) in [4.78, 5) is 37.2. The van der Waals surface area contributed by atoms with Gasteiger partial charge in [0.05, 0.1) is 25.2 Å². The van der Waals surface area contributed by atoms with Crippen LogP contribution >= 0.6 is 0 Å². The fourth-order valence-electron chi connectivity index (χ4n) is 3.51. The van der Waals surface area contributed by atoms with Crippen LogP contribution in [0.15, 0.2) is 47.1 Å². The number of allylic oxidation sites excluding steroid dienone is 2. The van der Waals surface area contributed by atoms with Gasteiger partial charge in [-0.15, -0.1) is 0 Å². The Balaban J connectivity index is 2.03. The van der Waals surface area contributed by atoms with Gasteiger partial charge in [0.25, 0.3) is 0 Å². The molecule has 154 valence electrons. The Labute approximate surface area is 168 Å². The molecule has 8 heteroatoms. The van der Waals surface area contributed by atoms with Crippen molar-refractivity contribution < 1.29 is 33.3 Å². The summed E-state index contributed by atoms with van der Waals surface area (Å²) in [5.74, 6) is -1.58. The molecule has 2 aliphatic rings. The molecule has 3 rings (SSSR count). The van der Waals surface area contributed by atoms with Crippen LogP contribution in [0.2, 0.25) is 0 Å². The van der Waals surface area contributed by atoms with Crippen molar-refractivity contribution in [2.24, 2.45) is 5.73 Å². The van der Waals surface area contributed by atoms with Crippen LogP contribution in [0.5, 0.6) is 0 Å². The summed E-state index contributed by atoms with van der Waals surface area (Å²) < 4.78 is 20.5. The third-order valence-electron chi connectivity index (χ3n) is 4.89. The second kappa shape index (κ2) is 8.91. The molecule has 0 saturated heterocycles. The highest BCUT2D eigenvalue weighted by atomic mass is 16.6. The van der Waals surface area contributed by atoms with Crippen LogP contribution in [0.3, 0.4) is 0 Å². The number of hydrogen-bond acceptors (Lipinski definition) is 8. The molecule has 1 aromatic rings. The number of carbonyl (C=O) groups excluding carboxylic acids is 3. The van der Waals surface area contributed by atoms with E-state index in [1.165, 1.54) is 14.2 Å². The second-order valence-corrected chi connectivity index (χ2v) is 6.67. The van der Waals surface area contributed by atoms with E-state index in [-0.39, 0.29) is 30.5 Å². The summed E-state index contributed by atoms with van der Waals surface area (Å²) in [7, 11) is 2.79. The summed E-state index contributed by atoms with van der Waals surface area (Å²) in [5, 5.41) is 0. The Hall–Kier alpha value is -3.13. The first kappa shape index (κ1) is 20.6. The van der Waals surface area contributed by atoms with E-state index in [1.807, 2.05) is 0 Å². The van der Waals surface area contributed by atoms with E-state index in [2.05, 4.69) is 0 Å². The number of carbonyl (C=O) groups is 3. The normalized spacial score (nSPS) is 18.8. The topological polar surface area (TPSA) is 114 Å². The number of rotatable bonds is 6. The standard InChI is InChI=1S/C21H23NO7/c1-26-10-11-28-21(25)18-16(12-6-8-13(9-7-12)20(24)27-2)17-14(23)4-3-5-15(17)29-19(18)22/h6-9,16H,3-5,10-11,22H2,1-2H3. The number of nitrogens with two attached hydrogens (primary N) is 1. The first-order valence-corrected chi connectivity index (χ1v) is 9.26. The molecule has 1 aliphatic heterocycles. The molecule has 0 amide bonds. The van der Waals surface area contributed by atoms with Crippen molar-refractivity contribution in [2.75, 3.05) is 27.4 Å². The molecular weight excluding hydrogens is 378 g/mol. The average molecular weight is 401 g/mol. The largest absolute Gasteiger partial charge is 0.465 e. The van der Waals surface area contributed by atoms with Crippen molar-refractivity contribution >= 4 is 17.7 Å². The first-order valence-electron chi connectivity index (χ1n) is 9.26. The Morgan fingerprint density at radius 3 is 2.48 bits per heavy atom. The highest BCUT2D eigenvalue weighted by molar-refractivity contribution is 6.03. The molecule has 0 bridgehead atoms. The van der Waals surface area contributed by atoms with Gasteiger partial charge in [-0.3, -0.25) is 4.79 Å². The van der Waals surface area contributed by atoms with Gasteiger partial charge in [-0.05, 0) is 24.1 Å². The molecular formula is C21H23NO7. The maximum atomic E-state index is 12.8. The van der Waals surface area contributed by atoms with Crippen LogP contribution in [0.25, 0.3) is 0 Å². The minimum absolute atomic E-state index is 0.0416. The Morgan fingerprint density at radius 1 is 1.10 bits per heavy atom. The zero-order chi connectivity index (χ0) is 21.0. The Morgan fingerprint density at radius 2 is 1.83 bits per heavy atom. The number of hydrogen-bond donors (Lipinski definition) is 1. The third kappa shape index (κ3) is 4.17. The Bertz CT molecular complexity index is 883. The number of methoxy groups -OCH3 is 2. The van der Waals surface area contributed by atoms with Gasteiger partial charge in [-0.25, -0.2) is 9.59 Å². The van der Waals surface area contributed by atoms with Crippen molar-refractivity contribution in [3.8, 4) is 0 Å².